The first-order chi connectivity index (χ1) is 11.5. The van der Waals surface area contributed by atoms with Crippen LogP contribution in [-0.2, 0) is 0 Å². The van der Waals surface area contributed by atoms with Crippen LogP contribution in [0.1, 0.15) is 15.9 Å². The number of nitrogens with zero attached hydrogens (tertiary/aromatic N) is 2. The fourth-order valence-corrected chi connectivity index (χ4v) is 2.40. The molecular formula is C18H16N2O4. The number of rotatable bonds is 4. The molecule has 0 bridgehead atoms. The largest absolute Gasteiger partial charge is 0.504 e. The number of carboxylic acids is 1. The minimum atomic E-state index is -1.07. The van der Waals surface area contributed by atoms with Crippen molar-refractivity contribution in [1.29, 1.82) is 0 Å². The number of carbonyl (C=O) groups is 1. The van der Waals surface area contributed by atoms with Crippen molar-refractivity contribution in [3.05, 3.63) is 59.8 Å². The summed E-state index contributed by atoms with van der Waals surface area (Å²) in [5, 5.41) is 23.6. The lowest BCUT2D eigenvalue weighted by Gasteiger charge is -2.05. The number of ether oxygens (including phenoxy) is 1. The quantitative estimate of drug-likeness (QED) is 0.769. The van der Waals surface area contributed by atoms with Crippen molar-refractivity contribution in [2.75, 3.05) is 7.11 Å². The molecule has 1 aromatic heterocycles. The number of aryl methyl sites for hydroxylation is 1. The summed E-state index contributed by atoms with van der Waals surface area (Å²) in [6.07, 6.45) is 1.47. The Labute approximate surface area is 138 Å². The van der Waals surface area contributed by atoms with Crippen LogP contribution in [0.3, 0.4) is 0 Å². The molecule has 2 N–H and O–H groups in total. The molecule has 0 aliphatic heterocycles. The molecule has 0 aliphatic carbocycles. The highest BCUT2D eigenvalue weighted by molar-refractivity contribution is 5.95. The van der Waals surface area contributed by atoms with Crippen LogP contribution in [0.25, 0.3) is 16.9 Å². The highest BCUT2D eigenvalue weighted by Crippen LogP contribution is 2.32. The molecule has 0 unspecified atom stereocenters. The maximum absolute atomic E-state index is 11.6. The van der Waals surface area contributed by atoms with E-state index in [1.54, 1.807) is 12.1 Å². The van der Waals surface area contributed by atoms with Crippen LogP contribution in [-0.4, -0.2) is 33.1 Å². The molecule has 24 heavy (non-hydrogen) atoms. The first-order valence-corrected chi connectivity index (χ1v) is 7.27. The summed E-state index contributed by atoms with van der Waals surface area (Å²) in [7, 11) is 1.43. The molecule has 0 radical (unpaired) electrons. The van der Waals surface area contributed by atoms with Gasteiger partial charge in [0, 0.05) is 11.8 Å². The Bertz CT molecular complexity index is 898. The highest BCUT2D eigenvalue weighted by atomic mass is 16.5. The third kappa shape index (κ3) is 2.81. The van der Waals surface area contributed by atoms with Crippen LogP contribution in [0.2, 0.25) is 0 Å². The molecule has 122 valence electrons. The summed E-state index contributed by atoms with van der Waals surface area (Å²) in [5.41, 5.74) is 2.80. The molecule has 3 aromatic rings. The van der Waals surface area contributed by atoms with E-state index < -0.39 is 5.97 Å². The minimum Gasteiger partial charge on any atom is -0.504 e. The van der Waals surface area contributed by atoms with Gasteiger partial charge in [-0.3, -0.25) is 0 Å². The molecule has 0 atom stereocenters. The van der Waals surface area contributed by atoms with Crippen molar-refractivity contribution in [1.82, 2.24) is 9.78 Å². The van der Waals surface area contributed by atoms with Crippen molar-refractivity contribution in [3.8, 4) is 28.4 Å². The fraction of sp³-hybridized carbons (Fsp3) is 0.111. The van der Waals surface area contributed by atoms with Gasteiger partial charge in [-0.25, -0.2) is 9.48 Å². The van der Waals surface area contributed by atoms with Gasteiger partial charge >= 0.3 is 5.97 Å². The second-order valence-electron chi connectivity index (χ2n) is 5.36. The van der Waals surface area contributed by atoms with E-state index in [2.05, 4.69) is 5.10 Å². The zero-order valence-electron chi connectivity index (χ0n) is 13.2. The molecule has 0 aliphatic rings. The van der Waals surface area contributed by atoms with Crippen LogP contribution in [0, 0.1) is 6.92 Å². The summed E-state index contributed by atoms with van der Waals surface area (Å²) < 4.78 is 6.61. The standard InChI is InChI=1S/C18H16N2O4/c1-11-3-6-13(7-4-11)20-10-14(18(22)23)17(19-20)12-5-8-15(21)16(9-12)24-2/h3-10,21H,1-2H3,(H,22,23). The summed E-state index contributed by atoms with van der Waals surface area (Å²) in [6.45, 7) is 1.98. The molecule has 6 nitrogen and oxygen atoms in total. The predicted octanol–water partition coefficient (Wildman–Crippen LogP) is 3.26. The Morgan fingerprint density at radius 1 is 1.17 bits per heavy atom. The number of carboxylic acid groups (broad SMARTS) is 1. The molecule has 6 heteroatoms. The lowest BCUT2D eigenvalue weighted by Crippen LogP contribution is -1.97. The van der Waals surface area contributed by atoms with E-state index in [0.717, 1.165) is 11.3 Å². The Kier molecular flexibility index (Phi) is 3.95. The van der Waals surface area contributed by atoms with E-state index in [-0.39, 0.29) is 17.1 Å². The zero-order chi connectivity index (χ0) is 17.3. The number of aromatic hydroxyl groups is 1. The lowest BCUT2D eigenvalue weighted by molar-refractivity contribution is 0.0697. The molecule has 0 spiro atoms. The molecule has 0 saturated carbocycles. The predicted molar refractivity (Wildman–Crippen MR) is 88.9 cm³/mol. The number of methoxy groups -OCH3 is 1. The zero-order valence-corrected chi connectivity index (χ0v) is 13.2. The van der Waals surface area contributed by atoms with Crippen molar-refractivity contribution in [3.63, 3.8) is 0 Å². The number of phenols is 1. The SMILES string of the molecule is COc1cc(-c2nn(-c3ccc(C)cc3)cc2C(=O)O)ccc1O. The normalized spacial score (nSPS) is 10.6. The van der Waals surface area contributed by atoms with E-state index in [0.29, 0.717) is 11.3 Å². The smallest absolute Gasteiger partial charge is 0.339 e. The van der Waals surface area contributed by atoms with Gasteiger partial charge in [0.1, 0.15) is 11.3 Å². The molecule has 1 heterocycles. The number of hydrogen-bond acceptors (Lipinski definition) is 4. The van der Waals surface area contributed by atoms with Gasteiger partial charge < -0.3 is 14.9 Å². The Morgan fingerprint density at radius 3 is 2.50 bits per heavy atom. The number of phenolic OH excluding ortho intramolecular Hbond substituents is 1. The third-order valence-corrected chi connectivity index (χ3v) is 3.70. The van der Waals surface area contributed by atoms with Crippen molar-refractivity contribution in [2.24, 2.45) is 0 Å². The average Bonchev–Trinajstić information content (AvgIpc) is 3.01. The average molecular weight is 324 g/mol. The molecule has 0 amide bonds. The van der Waals surface area contributed by atoms with E-state index >= 15 is 0 Å². The van der Waals surface area contributed by atoms with Crippen molar-refractivity contribution < 1.29 is 19.7 Å². The maximum atomic E-state index is 11.6. The van der Waals surface area contributed by atoms with E-state index in [1.807, 2.05) is 31.2 Å². The van der Waals surface area contributed by atoms with E-state index in [1.165, 1.54) is 24.1 Å². The van der Waals surface area contributed by atoms with E-state index in [4.69, 9.17) is 4.74 Å². The van der Waals surface area contributed by atoms with Gasteiger partial charge in [-0.2, -0.15) is 5.10 Å². The van der Waals surface area contributed by atoms with Gasteiger partial charge in [-0.1, -0.05) is 17.7 Å². The van der Waals surface area contributed by atoms with Crippen molar-refractivity contribution >= 4 is 5.97 Å². The van der Waals surface area contributed by atoms with Gasteiger partial charge in [-0.05, 0) is 37.3 Å². The molecular weight excluding hydrogens is 308 g/mol. The number of aromatic nitrogens is 2. The van der Waals surface area contributed by atoms with E-state index in [9.17, 15) is 15.0 Å². The second kappa shape index (κ2) is 6.08. The molecule has 3 rings (SSSR count). The summed E-state index contributed by atoms with van der Waals surface area (Å²) >= 11 is 0. The number of aromatic carboxylic acids is 1. The highest BCUT2D eigenvalue weighted by Gasteiger charge is 2.19. The second-order valence-corrected chi connectivity index (χ2v) is 5.36. The topological polar surface area (TPSA) is 84.6 Å². The first-order valence-electron chi connectivity index (χ1n) is 7.27. The van der Waals surface area contributed by atoms with Crippen LogP contribution < -0.4 is 4.74 Å². The first kappa shape index (κ1) is 15.6. The maximum Gasteiger partial charge on any atom is 0.339 e. The van der Waals surface area contributed by atoms with Crippen molar-refractivity contribution in [2.45, 2.75) is 6.92 Å². The Morgan fingerprint density at radius 2 is 1.88 bits per heavy atom. The minimum absolute atomic E-state index is 0.0175. The Balaban J connectivity index is 2.13. The fourth-order valence-electron chi connectivity index (χ4n) is 2.40. The lowest BCUT2D eigenvalue weighted by atomic mass is 10.1. The summed E-state index contributed by atoms with van der Waals surface area (Å²) in [6, 6.07) is 12.2. The van der Waals surface area contributed by atoms with Crippen LogP contribution in [0.4, 0.5) is 0 Å². The number of hydrogen-bond donors (Lipinski definition) is 2. The summed E-state index contributed by atoms with van der Waals surface area (Å²) in [5.74, 6) is -0.833. The monoisotopic (exact) mass is 324 g/mol. The van der Waals surface area contributed by atoms with Gasteiger partial charge in [0.25, 0.3) is 0 Å². The van der Waals surface area contributed by atoms with Crippen LogP contribution >= 0.6 is 0 Å². The van der Waals surface area contributed by atoms with Crippen LogP contribution in [0.15, 0.2) is 48.7 Å². The Hall–Kier alpha value is -3.28. The van der Waals surface area contributed by atoms with Gasteiger partial charge in [0.05, 0.1) is 12.8 Å². The summed E-state index contributed by atoms with van der Waals surface area (Å²) in [4.78, 5) is 11.6. The van der Waals surface area contributed by atoms with Gasteiger partial charge in [-0.15, -0.1) is 0 Å². The van der Waals surface area contributed by atoms with Gasteiger partial charge in [0.2, 0.25) is 0 Å². The molecule has 0 saturated heterocycles. The van der Waals surface area contributed by atoms with Gasteiger partial charge in [0.15, 0.2) is 11.5 Å². The third-order valence-electron chi connectivity index (χ3n) is 3.70. The molecule has 0 fully saturated rings. The molecule has 2 aromatic carbocycles. The number of benzene rings is 2. The van der Waals surface area contributed by atoms with Crippen LogP contribution in [0.5, 0.6) is 11.5 Å².